The smallest absolute Gasteiger partial charge is 0.262 e. The Morgan fingerprint density at radius 1 is 1.33 bits per heavy atom. The van der Waals surface area contributed by atoms with Crippen LogP contribution in [-0.2, 0) is 4.79 Å². The van der Waals surface area contributed by atoms with Crippen LogP contribution in [0.4, 0.5) is 0 Å². The number of aryl methyl sites for hydroxylation is 1. The van der Waals surface area contributed by atoms with E-state index in [2.05, 4.69) is 16.5 Å². The first kappa shape index (κ1) is 20.1. The van der Waals surface area contributed by atoms with Gasteiger partial charge >= 0.3 is 0 Å². The summed E-state index contributed by atoms with van der Waals surface area (Å²) < 4.78 is 7.60. The van der Waals surface area contributed by atoms with Crippen molar-refractivity contribution in [2.24, 2.45) is 0 Å². The fourth-order valence-corrected chi connectivity index (χ4v) is 2.82. The van der Waals surface area contributed by atoms with Crippen molar-refractivity contribution < 1.29 is 9.53 Å². The number of amides is 1. The van der Waals surface area contributed by atoms with Gasteiger partial charge in [0.15, 0.2) is 0 Å². The minimum absolute atomic E-state index is 0.0245. The first-order valence-electron chi connectivity index (χ1n) is 8.83. The van der Waals surface area contributed by atoms with E-state index in [0.717, 1.165) is 28.4 Å². The zero-order valence-electron chi connectivity index (χ0n) is 16.2. The number of aromatic nitrogens is 1. The predicted octanol–water partition coefficient (Wildman–Crippen LogP) is 4.09. The Bertz CT molecular complexity index is 897. The van der Waals surface area contributed by atoms with E-state index in [-0.39, 0.29) is 17.5 Å². The molecule has 2 aromatic rings. The molecule has 27 heavy (non-hydrogen) atoms. The van der Waals surface area contributed by atoms with Gasteiger partial charge in [0, 0.05) is 23.1 Å². The van der Waals surface area contributed by atoms with E-state index in [1.54, 1.807) is 12.2 Å². The number of ether oxygens (including phenoxy) is 1. The number of carbonyl (C=O) groups excluding carboxylic acids is 1. The molecule has 1 aromatic carbocycles. The van der Waals surface area contributed by atoms with Crippen molar-refractivity contribution in [1.29, 1.82) is 5.26 Å². The number of hydrogen-bond acceptors (Lipinski definition) is 3. The molecule has 1 amide bonds. The molecule has 0 fully saturated rings. The molecule has 1 heterocycles. The van der Waals surface area contributed by atoms with Crippen LogP contribution >= 0.6 is 0 Å². The quantitative estimate of drug-likeness (QED) is 0.458. The molecule has 0 saturated heterocycles. The third kappa shape index (κ3) is 4.89. The van der Waals surface area contributed by atoms with E-state index in [9.17, 15) is 10.1 Å². The summed E-state index contributed by atoms with van der Waals surface area (Å²) in [5.74, 6) is 0.416. The second-order valence-electron chi connectivity index (χ2n) is 6.55. The van der Waals surface area contributed by atoms with Gasteiger partial charge in [-0.3, -0.25) is 4.79 Å². The molecule has 5 heteroatoms. The van der Waals surface area contributed by atoms with Gasteiger partial charge in [-0.25, -0.2) is 0 Å². The highest BCUT2D eigenvalue weighted by Crippen LogP contribution is 2.24. The van der Waals surface area contributed by atoms with Crippen molar-refractivity contribution in [1.82, 2.24) is 9.88 Å². The average Bonchev–Trinajstić information content (AvgIpc) is 2.91. The van der Waals surface area contributed by atoms with Crippen molar-refractivity contribution in [3.63, 3.8) is 0 Å². The Kier molecular flexibility index (Phi) is 6.62. The lowest BCUT2D eigenvalue weighted by Gasteiger charge is -2.11. The lowest BCUT2D eigenvalue weighted by atomic mass is 10.1. The first-order chi connectivity index (χ1) is 12.9. The van der Waals surface area contributed by atoms with Crippen molar-refractivity contribution in [3.8, 4) is 17.5 Å². The monoisotopic (exact) mass is 363 g/mol. The van der Waals surface area contributed by atoms with Gasteiger partial charge in [0.1, 0.15) is 24.0 Å². The third-order valence-corrected chi connectivity index (χ3v) is 4.02. The Morgan fingerprint density at radius 3 is 2.56 bits per heavy atom. The molecule has 0 bridgehead atoms. The fourth-order valence-electron chi connectivity index (χ4n) is 2.82. The summed E-state index contributed by atoms with van der Waals surface area (Å²) in [4.78, 5) is 12.2. The van der Waals surface area contributed by atoms with E-state index < -0.39 is 0 Å². The molecule has 0 spiro atoms. The lowest BCUT2D eigenvalue weighted by Crippen LogP contribution is -2.30. The standard InChI is InChI=1S/C22H25N3O2/c1-6-11-27-21-9-7-20(8-10-21)25-16(4)12-18(17(25)5)13-19(14-23)22(26)24-15(2)3/h6-10,12-13,15H,1,11H2,2-5H3,(H,24,26)/b19-13-. The average molecular weight is 363 g/mol. The van der Waals surface area contributed by atoms with E-state index in [1.807, 2.05) is 64.1 Å². The summed E-state index contributed by atoms with van der Waals surface area (Å²) in [5, 5.41) is 12.1. The molecule has 1 N–H and O–H groups in total. The Hall–Kier alpha value is -3.26. The highest BCUT2D eigenvalue weighted by Gasteiger charge is 2.14. The van der Waals surface area contributed by atoms with Crippen LogP contribution in [0.25, 0.3) is 11.8 Å². The van der Waals surface area contributed by atoms with Crippen molar-refractivity contribution in [2.75, 3.05) is 6.61 Å². The fraction of sp³-hybridized carbons (Fsp3) is 0.273. The molecule has 0 radical (unpaired) electrons. The molecule has 0 aliphatic heterocycles. The molecule has 0 aliphatic rings. The van der Waals surface area contributed by atoms with Crippen LogP contribution in [0.15, 0.2) is 48.6 Å². The molecule has 0 aliphatic carbocycles. The maximum absolute atomic E-state index is 12.2. The highest BCUT2D eigenvalue weighted by molar-refractivity contribution is 6.02. The summed E-state index contributed by atoms with van der Waals surface area (Å²) in [7, 11) is 0. The minimum Gasteiger partial charge on any atom is -0.490 e. The minimum atomic E-state index is -0.360. The van der Waals surface area contributed by atoms with E-state index in [4.69, 9.17) is 4.74 Å². The predicted molar refractivity (Wildman–Crippen MR) is 108 cm³/mol. The van der Waals surface area contributed by atoms with Gasteiger partial charge in [0.25, 0.3) is 5.91 Å². The zero-order valence-corrected chi connectivity index (χ0v) is 16.2. The summed E-state index contributed by atoms with van der Waals surface area (Å²) in [6.07, 6.45) is 3.34. The second kappa shape index (κ2) is 8.91. The van der Waals surface area contributed by atoms with E-state index >= 15 is 0 Å². The SMILES string of the molecule is C=CCOc1ccc(-n2c(C)cc(/C=C(/C#N)C(=O)NC(C)C)c2C)cc1. The van der Waals surface area contributed by atoms with Gasteiger partial charge in [-0.05, 0) is 69.7 Å². The largest absolute Gasteiger partial charge is 0.490 e. The van der Waals surface area contributed by atoms with Gasteiger partial charge in [-0.2, -0.15) is 5.26 Å². The second-order valence-corrected chi connectivity index (χ2v) is 6.55. The van der Waals surface area contributed by atoms with Gasteiger partial charge < -0.3 is 14.6 Å². The third-order valence-electron chi connectivity index (χ3n) is 4.02. The van der Waals surface area contributed by atoms with Crippen LogP contribution in [0.2, 0.25) is 0 Å². The van der Waals surface area contributed by atoms with Gasteiger partial charge in [0.05, 0.1) is 0 Å². The van der Waals surface area contributed by atoms with Crippen molar-refractivity contribution >= 4 is 12.0 Å². The van der Waals surface area contributed by atoms with Crippen LogP contribution < -0.4 is 10.1 Å². The van der Waals surface area contributed by atoms with E-state index in [0.29, 0.717) is 6.61 Å². The van der Waals surface area contributed by atoms with Crippen molar-refractivity contribution in [3.05, 3.63) is 65.5 Å². The number of nitrogens with zero attached hydrogens (tertiary/aromatic N) is 2. The molecule has 1 aromatic heterocycles. The maximum Gasteiger partial charge on any atom is 0.262 e. The number of benzene rings is 1. The molecule has 0 saturated carbocycles. The Labute approximate surface area is 160 Å². The van der Waals surface area contributed by atoms with Crippen LogP contribution in [0.5, 0.6) is 5.75 Å². The van der Waals surface area contributed by atoms with Gasteiger partial charge in [-0.15, -0.1) is 0 Å². The zero-order chi connectivity index (χ0) is 20.0. The van der Waals surface area contributed by atoms with Crippen LogP contribution in [-0.4, -0.2) is 23.1 Å². The van der Waals surface area contributed by atoms with Gasteiger partial charge in [0.2, 0.25) is 0 Å². The number of nitrogens with one attached hydrogen (secondary N) is 1. The van der Waals surface area contributed by atoms with Crippen molar-refractivity contribution in [2.45, 2.75) is 33.7 Å². The summed E-state index contributed by atoms with van der Waals surface area (Å²) >= 11 is 0. The highest BCUT2D eigenvalue weighted by atomic mass is 16.5. The molecule has 0 atom stereocenters. The normalized spacial score (nSPS) is 11.2. The first-order valence-corrected chi connectivity index (χ1v) is 8.83. The molecule has 2 rings (SSSR count). The number of nitriles is 1. The molecular formula is C22H25N3O2. The topological polar surface area (TPSA) is 67.0 Å². The summed E-state index contributed by atoms with van der Waals surface area (Å²) in [5.41, 5.74) is 3.89. The molecule has 140 valence electrons. The lowest BCUT2D eigenvalue weighted by molar-refractivity contribution is -0.117. The molecular weight excluding hydrogens is 338 g/mol. The number of rotatable bonds is 7. The molecule has 5 nitrogen and oxygen atoms in total. The van der Waals surface area contributed by atoms with Crippen LogP contribution in [0.3, 0.4) is 0 Å². The molecule has 0 unspecified atom stereocenters. The summed E-state index contributed by atoms with van der Waals surface area (Å²) in [6, 6.07) is 11.7. The van der Waals surface area contributed by atoms with Crippen LogP contribution in [0, 0.1) is 25.2 Å². The van der Waals surface area contributed by atoms with Crippen LogP contribution in [0.1, 0.15) is 30.8 Å². The number of hydrogen-bond donors (Lipinski definition) is 1. The van der Waals surface area contributed by atoms with E-state index in [1.165, 1.54) is 0 Å². The Balaban J connectivity index is 2.36. The Morgan fingerprint density at radius 2 is 2.00 bits per heavy atom. The maximum atomic E-state index is 12.2. The van der Waals surface area contributed by atoms with Gasteiger partial charge in [-0.1, -0.05) is 12.7 Å². The summed E-state index contributed by atoms with van der Waals surface area (Å²) in [6.45, 7) is 11.8. The number of carbonyl (C=O) groups is 1.